The van der Waals surface area contributed by atoms with Crippen LogP contribution in [-0.4, -0.2) is 9.76 Å². The summed E-state index contributed by atoms with van der Waals surface area (Å²) in [5.74, 6) is 1.95. The van der Waals surface area contributed by atoms with Crippen molar-refractivity contribution in [2.24, 2.45) is 5.92 Å². The molecule has 0 heterocycles. The van der Waals surface area contributed by atoms with E-state index in [2.05, 4.69) is 48.5 Å². The average molecular weight is 238 g/mol. The molecule has 0 fully saturated rings. The van der Waals surface area contributed by atoms with Crippen molar-refractivity contribution in [3.63, 3.8) is 0 Å². The molecule has 0 bridgehead atoms. The van der Waals surface area contributed by atoms with Crippen molar-refractivity contribution in [1.82, 2.24) is 0 Å². The van der Waals surface area contributed by atoms with Crippen LogP contribution in [-0.2, 0) is 4.43 Å². The minimum absolute atomic E-state index is 0.387. The highest BCUT2D eigenvalue weighted by Gasteiger charge is 2.26. The van der Waals surface area contributed by atoms with E-state index in [-0.39, 0.29) is 0 Å². The molecule has 0 spiro atoms. The maximum absolute atomic E-state index is 6.16. The number of allylic oxidation sites excluding steroid dienone is 3. The molecule has 0 aromatic heterocycles. The number of hydrogen-bond donors (Lipinski definition) is 0. The van der Waals surface area contributed by atoms with Crippen LogP contribution in [0.2, 0.25) is 5.04 Å². The molecule has 2 heteroatoms. The zero-order chi connectivity index (χ0) is 12.5. The molecular weight excluding hydrogens is 212 g/mol. The maximum atomic E-state index is 6.16. The van der Waals surface area contributed by atoms with Crippen LogP contribution < -0.4 is 0 Å². The van der Waals surface area contributed by atoms with Gasteiger partial charge in [-0.3, -0.25) is 0 Å². The highest BCUT2D eigenvalue weighted by atomic mass is 28.2. The highest BCUT2D eigenvalue weighted by molar-refractivity contribution is 6.32. The van der Waals surface area contributed by atoms with Gasteiger partial charge in [0.15, 0.2) is 0 Å². The van der Waals surface area contributed by atoms with Gasteiger partial charge < -0.3 is 4.43 Å². The van der Waals surface area contributed by atoms with Gasteiger partial charge in [-0.15, -0.1) is 0 Å². The quantitative estimate of drug-likeness (QED) is 0.674. The molecule has 0 N–H and O–H groups in total. The lowest BCUT2D eigenvalue weighted by molar-refractivity contribution is 0.370. The summed E-state index contributed by atoms with van der Waals surface area (Å²) in [4.78, 5) is 0. The van der Waals surface area contributed by atoms with Crippen molar-refractivity contribution >= 4 is 9.76 Å². The SMILES string of the molecule is CC1=C(C)C(C)=C(O[SiH2]C(C)(C)C(C)C)C1. The second-order valence-corrected chi connectivity index (χ2v) is 8.46. The van der Waals surface area contributed by atoms with Crippen molar-refractivity contribution in [2.45, 2.75) is 59.9 Å². The first-order valence-corrected chi connectivity index (χ1v) is 7.53. The van der Waals surface area contributed by atoms with Gasteiger partial charge >= 0.3 is 0 Å². The molecule has 16 heavy (non-hydrogen) atoms. The molecule has 0 aromatic carbocycles. The van der Waals surface area contributed by atoms with Gasteiger partial charge in [0.05, 0.1) is 5.76 Å². The van der Waals surface area contributed by atoms with E-state index in [1.54, 1.807) is 0 Å². The Morgan fingerprint density at radius 2 is 1.69 bits per heavy atom. The third-order valence-electron chi connectivity index (χ3n) is 4.23. The Morgan fingerprint density at radius 1 is 1.12 bits per heavy atom. The van der Waals surface area contributed by atoms with Crippen molar-refractivity contribution in [3.05, 3.63) is 22.5 Å². The minimum Gasteiger partial charge on any atom is -0.551 e. The molecular formula is C14H26OSi. The Balaban J connectivity index is 2.60. The average Bonchev–Trinajstić information content (AvgIpc) is 2.43. The maximum Gasteiger partial charge on any atom is 0.225 e. The Hall–Kier alpha value is -0.503. The summed E-state index contributed by atoms with van der Waals surface area (Å²) in [5, 5.41) is 0.387. The fraction of sp³-hybridized carbons (Fsp3) is 0.714. The Morgan fingerprint density at radius 3 is 2.06 bits per heavy atom. The number of hydrogen-bond acceptors (Lipinski definition) is 1. The summed E-state index contributed by atoms with van der Waals surface area (Å²) in [6.45, 7) is 15.9. The van der Waals surface area contributed by atoms with Gasteiger partial charge in [-0.2, -0.15) is 0 Å². The summed E-state index contributed by atoms with van der Waals surface area (Å²) in [6, 6.07) is 0. The fourth-order valence-electron chi connectivity index (χ4n) is 1.63. The van der Waals surface area contributed by atoms with E-state index in [1.165, 1.54) is 22.5 Å². The van der Waals surface area contributed by atoms with Crippen molar-refractivity contribution in [1.29, 1.82) is 0 Å². The molecule has 1 aliphatic carbocycles. The van der Waals surface area contributed by atoms with E-state index >= 15 is 0 Å². The smallest absolute Gasteiger partial charge is 0.225 e. The van der Waals surface area contributed by atoms with Crippen LogP contribution in [0.5, 0.6) is 0 Å². The van der Waals surface area contributed by atoms with Gasteiger partial charge in [-0.05, 0) is 42.9 Å². The highest BCUT2D eigenvalue weighted by Crippen LogP contribution is 2.36. The van der Waals surface area contributed by atoms with E-state index in [1.807, 2.05) is 0 Å². The molecule has 0 aliphatic heterocycles. The molecule has 1 nitrogen and oxygen atoms in total. The largest absolute Gasteiger partial charge is 0.551 e. The first-order valence-electron chi connectivity index (χ1n) is 6.25. The van der Waals surface area contributed by atoms with Crippen molar-refractivity contribution < 1.29 is 4.43 Å². The first kappa shape index (κ1) is 13.6. The lowest BCUT2D eigenvalue weighted by Gasteiger charge is -2.28. The molecule has 1 rings (SSSR count). The minimum atomic E-state index is -0.499. The topological polar surface area (TPSA) is 9.23 Å². The standard InChI is InChI=1S/C14H26OSi/c1-9(2)14(6,7)16-15-13-8-10(3)11(4)12(13)5/h9H,8,16H2,1-7H3. The zero-order valence-electron chi connectivity index (χ0n) is 11.9. The molecule has 0 amide bonds. The predicted molar refractivity (Wildman–Crippen MR) is 74.2 cm³/mol. The summed E-state index contributed by atoms with van der Waals surface area (Å²) >= 11 is 0. The monoisotopic (exact) mass is 238 g/mol. The van der Waals surface area contributed by atoms with Gasteiger partial charge in [0.1, 0.15) is 0 Å². The molecule has 0 saturated heterocycles. The van der Waals surface area contributed by atoms with Gasteiger partial charge in [-0.1, -0.05) is 33.3 Å². The van der Waals surface area contributed by atoms with Gasteiger partial charge in [0.2, 0.25) is 9.76 Å². The van der Waals surface area contributed by atoms with Crippen molar-refractivity contribution in [2.75, 3.05) is 0 Å². The van der Waals surface area contributed by atoms with E-state index in [9.17, 15) is 0 Å². The Labute approximate surface area is 103 Å². The third-order valence-corrected chi connectivity index (χ3v) is 6.28. The van der Waals surface area contributed by atoms with Crippen LogP contribution in [0.4, 0.5) is 0 Å². The normalized spacial score (nSPS) is 18.5. The third kappa shape index (κ3) is 2.79. The summed E-state index contributed by atoms with van der Waals surface area (Å²) < 4.78 is 6.16. The molecule has 0 aromatic rings. The summed E-state index contributed by atoms with van der Waals surface area (Å²) in [7, 11) is -0.499. The van der Waals surface area contributed by atoms with Gasteiger partial charge in [0, 0.05) is 6.42 Å². The van der Waals surface area contributed by atoms with E-state index in [0.717, 1.165) is 6.42 Å². The van der Waals surface area contributed by atoms with Gasteiger partial charge in [0.25, 0.3) is 0 Å². The fourth-order valence-corrected chi connectivity index (χ4v) is 2.83. The van der Waals surface area contributed by atoms with E-state index in [4.69, 9.17) is 4.43 Å². The van der Waals surface area contributed by atoms with Crippen LogP contribution in [0.1, 0.15) is 54.9 Å². The molecule has 0 saturated carbocycles. The second kappa shape index (κ2) is 4.78. The summed E-state index contributed by atoms with van der Waals surface area (Å²) in [5.41, 5.74) is 4.29. The second-order valence-electron chi connectivity index (χ2n) is 6.06. The first-order chi connectivity index (χ1) is 7.25. The Bertz CT molecular complexity index is 335. The zero-order valence-corrected chi connectivity index (χ0v) is 13.3. The molecule has 0 radical (unpaired) electrons. The van der Waals surface area contributed by atoms with Crippen LogP contribution in [0.3, 0.4) is 0 Å². The van der Waals surface area contributed by atoms with E-state index in [0.29, 0.717) is 11.0 Å². The van der Waals surface area contributed by atoms with Crippen molar-refractivity contribution in [3.8, 4) is 0 Å². The molecule has 0 unspecified atom stereocenters. The van der Waals surface area contributed by atoms with Crippen LogP contribution >= 0.6 is 0 Å². The van der Waals surface area contributed by atoms with E-state index < -0.39 is 9.76 Å². The van der Waals surface area contributed by atoms with Gasteiger partial charge in [-0.25, -0.2) is 0 Å². The molecule has 0 atom stereocenters. The van der Waals surface area contributed by atoms with Crippen LogP contribution in [0, 0.1) is 5.92 Å². The molecule has 1 aliphatic rings. The molecule has 92 valence electrons. The van der Waals surface area contributed by atoms with Crippen LogP contribution in [0.15, 0.2) is 22.5 Å². The Kier molecular flexibility index (Phi) is 4.05. The summed E-state index contributed by atoms with van der Waals surface area (Å²) in [6.07, 6.45) is 1.04. The lowest BCUT2D eigenvalue weighted by Crippen LogP contribution is -2.22. The lowest BCUT2D eigenvalue weighted by atomic mass is 9.99. The predicted octanol–water partition coefficient (Wildman–Crippen LogP) is 3.96. The van der Waals surface area contributed by atoms with Crippen LogP contribution in [0.25, 0.3) is 0 Å². The number of rotatable bonds is 4.